The molecule has 1 aliphatic carbocycles. The van der Waals surface area contributed by atoms with E-state index in [-0.39, 0.29) is 24.3 Å². The molecule has 0 atom stereocenters. The predicted molar refractivity (Wildman–Crippen MR) is 85.8 cm³/mol. The lowest BCUT2D eigenvalue weighted by Crippen LogP contribution is -2.39. The van der Waals surface area contributed by atoms with Crippen molar-refractivity contribution >= 4 is 5.91 Å². The topological polar surface area (TPSA) is 38.3 Å². The fourth-order valence-corrected chi connectivity index (χ4v) is 3.30. The third-order valence-corrected chi connectivity index (χ3v) is 4.55. The van der Waals surface area contributed by atoms with Gasteiger partial charge in [0, 0.05) is 18.4 Å². The molecule has 6 heteroatoms. The predicted octanol–water partition coefficient (Wildman–Crippen LogP) is 3.89. The van der Waals surface area contributed by atoms with Crippen LogP contribution in [0.4, 0.5) is 13.2 Å². The number of rotatable bonds is 7. The highest BCUT2D eigenvalue weighted by Crippen LogP contribution is 2.40. The molecule has 0 heterocycles. The Morgan fingerprint density at radius 1 is 1.29 bits per heavy atom. The third-order valence-electron chi connectivity index (χ3n) is 4.55. The van der Waals surface area contributed by atoms with Gasteiger partial charge in [-0.25, -0.2) is 0 Å². The standard InChI is InChI=1S/C18H24F3NO2/c1-14-5-4-6-15(11-14)17(8-2-3-9-17)12-22-16(23)7-10-24-13-18(19,20)21/h4-6,11H,2-3,7-10,12-13H2,1H3,(H,22,23). The first-order valence-electron chi connectivity index (χ1n) is 8.29. The first-order valence-corrected chi connectivity index (χ1v) is 8.29. The van der Waals surface area contributed by atoms with Crippen LogP contribution in [0.3, 0.4) is 0 Å². The van der Waals surface area contributed by atoms with Crippen LogP contribution in [0.1, 0.15) is 43.2 Å². The Labute approximate surface area is 140 Å². The Bertz CT molecular complexity index is 551. The van der Waals surface area contributed by atoms with E-state index in [1.807, 2.05) is 19.1 Å². The minimum absolute atomic E-state index is 0.0556. The average Bonchev–Trinajstić information content (AvgIpc) is 2.99. The van der Waals surface area contributed by atoms with E-state index in [4.69, 9.17) is 0 Å². The molecule has 0 aliphatic heterocycles. The number of alkyl halides is 3. The van der Waals surface area contributed by atoms with Gasteiger partial charge in [-0.05, 0) is 25.3 Å². The summed E-state index contributed by atoms with van der Waals surface area (Å²) in [5.74, 6) is -0.267. The number of ether oxygens (including phenoxy) is 1. The molecule has 2 rings (SSSR count). The number of halogens is 3. The Morgan fingerprint density at radius 3 is 2.62 bits per heavy atom. The maximum atomic E-state index is 12.0. The first-order chi connectivity index (χ1) is 11.3. The van der Waals surface area contributed by atoms with Crippen molar-refractivity contribution in [2.75, 3.05) is 19.8 Å². The summed E-state index contributed by atoms with van der Waals surface area (Å²) in [5, 5.41) is 2.88. The zero-order chi connectivity index (χ0) is 17.6. The van der Waals surface area contributed by atoms with Gasteiger partial charge in [0.25, 0.3) is 0 Å². The second-order valence-electron chi connectivity index (χ2n) is 6.55. The molecular weight excluding hydrogens is 319 g/mol. The molecule has 1 aromatic carbocycles. The van der Waals surface area contributed by atoms with Gasteiger partial charge in [-0.3, -0.25) is 4.79 Å². The van der Waals surface area contributed by atoms with E-state index >= 15 is 0 Å². The van der Waals surface area contributed by atoms with Crippen LogP contribution in [0.25, 0.3) is 0 Å². The van der Waals surface area contributed by atoms with E-state index < -0.39 is 12.8 Å². The summed E-state index contributed by atoms with van der Waals surface area (Å²) < 4.78 is 40.4. The second kappa shape index (κ2) is 8.01. The van der Waals surface area contributed by atoms with E-state index in [2.05, 4.69) is 22.2 Å². The molecular formula is C18H24F3NO2. The molecule has 0 bridgehead atoms. The Hall–Kier alpha value is -1.56. The van der Waals surface area contributed by atoms with Gasteiger partial charge in [0.05, 0.1) is 6.61 Å². The quantitative estimate of drug-likeness (QED) is 0.763. The molecule has 1 aliphatic rings. The highest BCUT2D eigenvalue weighted by atomic mass is 19.4. The largest absolute Gasteiger partial charge is 0.411 e. The molecule has 0 radical (unpaired) electrons. The minimum atomic E-state index is -4.35. The molecule has 1 aromatic rings. The molecule has 0 unspecified atom stereocenters. The molecule has 0 aromatic heterocycles. The lowest BCUT2D eigenvalue weighted by Gasteiger charge is -2.30. The molecule has 24 heavy (non-hydrogen) atoms. The van der Waals surface area contributed by atoms with Crippen molar-refractivity contribution in [2.45, 2.75) is 50.6 Å². The number of aryl methyl sites for hydroxylation is 1. The summed E-state index contributed by atoms with van der Waals surface area (Å²) in [6, 6.07) is 8.32. The molecule has 3 nitrogen and oxygen atoms in total. The van der Waals surface area contributed by atoms with Crippen molar-refractivity contribution in [3.05, 3.63) is 35.4 Å². The summed E-state index contributed by atoms with van der Waals surface area (Å²) in [6.07, 6.45) is -0.130. The Morgan fingerprint density at radius 2 is 2.00 bits per heavy atom. The first kappa shape index (κ1) is 18.8. The van der Waals surface area contributed by atoms with Crippen LogP contribution in [0.2, 0.25) is 0 Å². The van der Waals surface area contributed by atoms with E-state index in [1.165, 1.54) is 11.1 Å². The molecule has 1 amide bonds. The van der Waals surface area contributed by atoms with Crippen LogP contribution >= 0.6 is 0 Å². The van der Waals surface area contributed by atoms with Crippen LogP contribution in [-0.2, 0) is 14.9 Å². The molecule has 134 valence electrons. The number of hydrogen-bond donors (Lipinski definition) is 1. The van der Waals surface area contributed by atoms with Crippen LogP contribution in [0.5, 0.6) is 0 Å². The number of hydrogen-bond acceptors (Lipinski definition) is 2. The minimum Gasteiger partial charge on any atom is -0.372 e. The molecule has 1 fully saturated rings. The second-order valence-corrected chi connectivity index (χ2v) is 6.55. The summed E-state index contributed by atoms with van der Waals surface area (Å²) in [6.45, 7) is 1.04. The highest BCUT2D eigenvalue weighted by molar-refractivity contribution is 5.76. The molecule has 0 saturated heterocycles. The number of nitrogens with one attached hydrogen (secondary N) is 1. The van der Waals surface area contributed by atoms with E-state index in [0.29, 0.717) is 6.54 Å². The van der Waals surface area contributed by atoms with Crippen LogP contribution < -0.4 is 5.32 Å². The fourth-order valence-electron chi connectivity index (χ4n) is 3.30. The van der Waals surface area contributed by atoms with Crippen molar-refractivity contribution in [1.82, 2.24) is 5.32 Å². The van der Waals surface area contributed by atoms with Gasteiger partial charge in [0.2, 0.25) is 5.91 Å². The summed E-state index contributed by atoms with van der Waals surface area (Å²) in [5.41, 5.74) is 2.35. The monoisotopic (exact) mass is 343 g/mol. The maximum absolute atomic E-state index is 12.0. The van der Waals surface area contributed by atoms with Gasteiger partial charge < -0.3 is 10.1 Å². The van der Waals surface area contributed by atoms with Gasteiger partial charge in [-0.15, -0.1) is 0 Å². The van der Waals surface area contributed by atoms with Crippen LogP contribution in [0, 0.1) is 6.92 Å². The number of amides is 1. The van der Waals surface area contributed by atoms with Gasteiger partial charge >= 0.3 is 6.18 Å². The third kappa shape index (κ3) is 5.51. The molecule has 1 N–H and O–H groups in total. The van der Waals surface area contributed by atoms with Crippen molar-refractivity contribution in [1.29, 1.82) is 0 Å². The number of carbonyl (C=O) groups excluding carboxylic acids is 1. The highest BCUT2D eigenvalue weighted by Gasteiger charge is 2.35. The summed E-state index contributed by atoms with van der Waals surface area (Å²) >= 11 is 0. The van der Waals surface area contributed by atoms with E-state index in [1.54, 1.807) is 0 Å². The molecule has 0 spiro atoms. The zero-order valence-electron chi connectivity index (χ0n) is 13.9. The van der Waals surface area contributed by atoms with Crippen molar-refractivity contribution in [3.8, 4) is 0 Å². The maximum Gasteiger partial charge on any atom is 0.411 e. The fraction of sp³-hybridized carbons (Fsp3) is 0.611. The smallest absolute Gasteiger partial charge is 0.372 e. The SMILES string of the molecule is Cc1cccc(C2(CNC(=O)CCOCC(F)(F)F)CCCC2)c1. The lowest BCUT2D eigenvalue weighted by molar-refractivity contribution is -0.174. The van der Waals surface area contributed by atoms with Crippen molar-refractivity contribution in [3.63, 3.8) is 0 Å². The molecule has 1 saturated carbocycles. The van der Waals surface area contributed by atoms with Crippen LogP contribution in [0.15, 0.2) is 24.3 Å². The number of benzene rings is 1. The normalized spacial score (nSPS) is 17.0. The van der Waals surface area contributed by atoms with Gasteiger partial charge in [0.1, 0.15) is 6.61 Å². The van der Waals surface area contributed by atoms with Crippen LogP contribution in [-0.4, -0.2) is 31.8 Å². The lowest BCUT2D eigenvalue weighted by atomic mass is 9.78. The average molecular weight is 343 g/mol. The number of carbonyl (C=O) groups is 1. The van der Waals surface area contributed by atoms with Gasteiger partial charge in [-0.1, -0.05) is 42.7 Å². The zero-order valence-corrected chi connectivity index (χ0v) is 13.9. The Balaban J connectivity index is 1.85. The Kier molecular flexibility index (Phi) is 6.27. The van der Waals surface area contributed by atoms with Crippen molar-refractivity contribution in [2.24, 2.45) is 0 Å². The summed E-state index contributed by atoms with van der Waals surface area (Å²) in [4.78, 5) is 11.9. The van der Waals surface area contributed by atoms with Gasteiger partial charge in [-0.2, -0.15) is 13.2 Å². The van der Waals surface area contributed by atoms with Gasteiger partial charge in [0.15, 0.2) is 0 Å². The van der Waals surface area contributed by atoms with E-state index in [9.17, 15) is 18.0 Å². The van der Waals surface area contributed by atoms with E-state index in [0.717, 1.165) is 25.7 Å². The summed E-state index contributed by atoms with van der Waals surface area (Å²) in [7, 11) is 0. The van der Waals surface area contributed by atoms with Crippen molar-refractivity contribution < 1.29 is 22.7 Å².